The molecule has 0 aliphatic rings. The predicted molar refractivity (Wildman–Crippen MR) is 123 cm³/mol. The number of ether oxygens (including phenoxy) is 1. The van der Waals surface area contributed by atoms with Crippen LogP contribution in [0.25, 0.3) is 10.9 Å². The monoisotopic (exact) mass is 443 g/mol. The molecule has 2 aromatic heterocycles. The lowest BCUT2D eigenvalue weighted by atomic mass is 10.2. The van der Waals surface area contributed by atoms with Crippen molar-refractivity contribution in [2.24, 2.45) is 5.73 Å². The average molecular weight is 443 g/mol. The number of H-pyrrole nitrogens is 1. The largest absolute Gasteiger partial charge is 0.439 e. The molecule has 2 heterocycles. The number of carbonyl (C=O) groups excluding carboxylic acids is 2. The van der Waals surface area contributed by atoms with Crippen LogP contribution >= 0.6 is 0 Å². The minimum Gasteiger partial charge on any atom is -0.439 e. The Morgan fingerprint density at radius 1 is 1.06 bits per heavy atom. The van der Waals surface area contributed by atoms with Gasteiger partial charge in [0.15, 0.2) is 0 Å². The van der Waals surface area contributed by atoms with E-state index in [9.17, 15) is 14.4 Å². The lowest BCUT2D eigenvalue weighted by Gasteiger charge is -2.08. The van der Waals surface area contributed by atoms with Gasteiger partial charge in [-0.3, -0.25) is 14.4 Å². The number of aryl methyl sites for hydroxylation is 1. The van der Waals surface area contributed by atoms with Gasteiger partial charge in [-0.05, 0) is 42.8 Å². The van der Waals surface area contributed by atoms with E-state index in [1.165, 1.54) is 12.3 Å². The van der Waals surface area contributed by atoms with E-state index in [4.69, 9.17) is 10.5 Å². The number of amides is 2. The number of carbonyl (C=O) groups is 2. The molecule has 0 unspecified atom stereocenters. The van der Waals surface area contributed by atoms with Crippen LogP contribution in [0.5, 0.6) is 11.6 Å². The number of nitrogens with two attached hydrogens (primary N) is 1. The number of primary amides is 1. The summed E-state index contributed by atoms with van der Waals surface area (Å²) >= 11 is 0. The Morgan fingerprint density at radius 2 is 1.91 bits per heavy atom. The summed E-state index contributed by atoms with van der Waals surface area (Å²) in [5.74, 6) is 0.559. The number of anilines is 1. The Hall–Kier alpha value is -4.53. The van der Waals surface area contributed by atoms with Gasteiger partial charge in [0.25, 0.3) is 5.56 Å². The second-order valence-electron chi connectivity index (χ2n) is 7.31. The number of fused-ring (bicyclic) bond motifs is 1. The first-order chi connectivity index (χ1) is 16.0. The molecule has 0 atom stereocenters. The molecule has 0 bridgehead atoms. The van der Waals surface area contributed by atoms with Gasteiger partial charge in [0.05, 0.1) is 22.8 Å². The number of nitrogens with zero attached hydrogens (tertiary/aromatic N) is 2. The Bertz CT molecular complexity index is 1370. The molecule has 0 radical (unpaired) electrons. The van der Waals surface area contributed by atoms with Crippen molar-refractivity contribution in [2.75, 3.05) is 5.32 Å². The number of nitrogens with one attached hydrogen (secondary N) is 2. The minimum atomic E-state index is -0.547. The van der Waals surface area contributed by atoms with Gasteiger partial charge >= 0.3 is 0 Å². The normalized spacial score (nSPS) is 10.7. The van der Waals surface area contributed by atoms with Crippen LogP contribution in [0.3, 0.4) is 0 Å². The number of para-hydroxylation sites is 1. The molecule has 4 rings (SSSR count). The van der Waals surface area contributed by atoms with E-state index in [0.717, 1.165) is 0 Å². The summed E-state index contributed by atoms with van der Waals surface area (Å²) in [4.78, 5) is 47.0. The molecular formula is C24H21N5O4. The third-order valence-electron chi connectivity index (χ3n) is 4.84. The Kier molecular flexibility index (Phi) is 6.40. The SMILES string of the molecule is NC(=O)c1cccc(Oc2ccc(NC(=O)CCCc3nc4ccccc4c(=O)[nH]3)cn2)c1. The van der Waals surface area contributed by atoms with Crippen molar-refractivity contribution in [3.05, 3.63) is 88.6 Å². The van der Waals surface area contributed by atoms with Crippen molar-refractivity contribution in [1.82, 2.24) is 15.0 Å². The van der Waals surface area contributed by atoms with E-state index in [0.29, 0.717) is 52.4 Å². The highest BCUT2D eigenvalue weighted by molar-refractivity contribution is 5.93. The van der Waals surface area contributed by atoms with Gasteiger partial charge < -0.3 is 20.8 Å². The van der Waals surface area contributed by atoms with Crippen molar-refractivity contribution in [3.63, 3.8) is 0 Å². The van der Waals surface area contributed by atoms with E-state index in [2.05, 4.69) is 20.3 Å². The van der Waals surface area contributed by atoms with E-state index in [1.54, 1.807) is 48.5 Å². The van der Waals surface area contributed by atoms with Crippen LogP contribution in [0.2, 0.25) is 0 Å². The van der Waals surface area contributed by atoms with Gasteiger partial charge in [-0.2, -0.15) is 0 Å². The van der Waals surface area contributed by atoms with Crippen LogP contribution < -0.4 is 21.3 Å². The van der Waals surface area contributed by atoms with Crippen LogP contribution in [0.4, 0.5) is 5.69 Å². The summed E-state index contributed by atoms with van der Waals surface area (Å²) in [5, 5.41) is 3.32. The zero-order chi connectivity index (χ0) is 23.2. The van der Waals surface area contributed by atoms with Crippen LogP contribution in [0.1, 0.15) is 29.0 Å². The molecule has 0 aliphatic carbocycles. The minimum absolute atomic E-state index is 0.178. The average Bonchev–Trinajstić information content (AvgIpc) is 2.81. The lowest BCUT2D eigenvalue weighted by Crippen LogP contribution is -2.14. The van der Waals surface area contributed by atoms with Gasteiger partial charge in [0, 0.05) is 24.5 Å². The van der Waals surface area contributed by atoms with Gasteiger partial charge in [-0.1, -0.05) is 18.2 Å². The number of benzene rings is 2. The van der Waals surface area contributed by atoms with Crippen molar-refractivity contribution >= 4 is 28.4 Å². The second kappa shape index (κ2) is 9.73. The third kappa shape index (κ3) is 5.59. The Labute approximate surface area is 188 Å². The third-order valence-corrected chi connectivity index (χ3v) is 4.84. The molecule has 33 heavy (non-hydrogen) atoms. The van der Waals surface area contributed by atoms with E-state index in [-0.39, 0.29) is 17.9 Å². The van der Waals surface area contributed by atoms with E-state index < -0.39 is 5.91 Å². The standard InChI is InChI=1S/C24H21N5O4/c25-23(31)15-5-3-6-17(13-15)33-22-12-11-16(14-26-22)27-21(30)10-4-9-20-28-19-8-2-1-7-18(19)24(32)29-20/h1-3,5-8,11-14H,4,9-10H2,(H2,25,31)(H,27,30)(H,28,29,32). The number of aromatic amines is 1. The molecule has 166 valence electrons. The predicted octanol–water partition coefficient (Wildman–Crippen LogP) is 3.17. The highest BCUT2D eigenvalue weighted by Gasteiger charge is 2.08. The molecule has 0 saturated carbocycles. The highest BCUT2D eigenvalue weighted by Crippen LogP contribution is 2.21. The Balaban J connectivity index is 1.29. The fraction of sp³-hybridized carbons (Fsp3) is 0.125. The molecule has 0 fully saturated rings. The molecule has 2 aromatic carbocycles. The summed E-state index contributed by atoms with van der Waals surface area (Å²) in [6.45, 7) is 0. The summed E-state index contributed by atoms with van der Waals surface area (Å²) < 4.78 is 5.62. The first-order valence-corrected chi connectivity index (χ1v) is 10.3. The first-order valence-electron chi connectivity index (χ1n) is 10.3. The quantitative estimate of drug-likeness (QED) is 0.382. The van der Waals surface area contributed by atoms with Gasteiger partial charge in [-0.15, -0.1) is 0 Å². The van der Waals surface area contributed by atoms with Crippen molar-refractivity contribution < 1.29 is 14.3 Å². The van der Waals surface area contributed by atoms with Crippen molar-refractivity contribution in [2.45, 2.75) is 19.3 Å². The number of rotatable bonds is 8. The second-order valence-corrected chi connectivity index (χ2v) is 7.31. The first kappa shape index (κ1) is 21.7. The number of pyridine rings is 1. The topological polar surface area (TPSA) is 140 Å². The molecule has 4 N–H and O–H groups in total. The zero-order valence-electron chi connectivity index (χ0n) is 17.6. The number of hydrogen-bond donors (Lipinski definition) is 3. The lowest BCUT2D eigenvalue weighted by molar-refractivity contribution is -0.116. The van der Waals surface area contributed by atoms with Crippen LogP contribution in [-0.4, -0.2) is 26.8 Å². The summed E-state index contributed by atoms with van der Waals surface area (Å²) in [7, 11) is 0. The van der Waals surface area contributed by atoms with Crippen LogP contribution in [0, 0.1) is 0 Å². The number of hydrogen-bond acceptors (Lipinski definition) is 6. The molecule has 0 spiro atoms. The summed E-state index contributed by atoms with van der Waals surface area (Å²) in [5.41, 5.74) is 6.57. The smallest absolute Gasteiger partial charge is 0.258 e. The maximum absolute atomic E-state index is 12.3. The van der Waals surface area contributed by atoms with Gasteiger partial charge in [0.1, 0.15) is 11.6 Å². The number of aromatic nitrogens is 3. The van der Waals surface area contributed by atoms with Gasteiger partial charge in [0.2, 0.25) is 17.7 Å². The molecule has 0 aliphatic heterocycles. The zero-order valence-corrected chi connectivity index (χ0v) is 17.6. The van der Waals surface area contributed by atoms with Crippen LogP contribution in [-0.2, 0) is 11.2 Å². The molecule has 2 amide bonds. The van der Waals surface area contributed by atoms with E-state index in [1.807, 2.05) is 6.07 Å². The van der Waals surface area contributed by atoms with Crippen molar-refractivity contribution in [1.29, 1.82) is 0 Å². The van der Waals surface area contributed by atoms with E-state index >= 15 is 0 Å². The molecular weight excluding hydrogens is 422 g/mol. The molecule has 0 saturated heterocycles. The molecule has 9 nitrogen and oxygen atoms in total. The fourth-order valence-corrected chi connectivity index (χ4v) is 3.24. The van der Waals surface area contributed by atoms with Crippen molar-refractivity contribution in [3.8, 4) is 11.6 Å². The summed E-state index contributed by atoms with van der Waals surface area (Å²) in [6.07, 6.45) is 2.74. The van der Waals surface area contributed by atoms with Gasteiger partial charge in [-0.25, -0.2) is 9.97 Å². The van der Waals surface area contributed by atoms with Crippen LogP contribution in [0.15, 0.2) is 71.7 Å². The molecule has 4 aromatic rings. The summed E-state index contributed by atoms with van der Waals surface area (Å²) in [6, 6.07) is 16.9. The fourth-order valence-electron chi connectivity index (χ4n) is 3.24. The Morgan fingerprint density at radius 3 is 2.70 bits per heavy atom. The molecule has 9 heteroatoms. The highest BCUT2D eigenvalue weighted by atomic mass is 16.5. The maximum Gasteiger partial charge on any atom is 0.258 e. The maximum atomic E-state index is 12.3.